The monoisotopic (exact) mass is 270 g/mol. The highest BCUT2D eigenvalue weighted by molar-refractivity contribution is 9.09. The highest BCUT2D eigenvalue weighted by Crippen LogP contribution is 2.30. The maximum absolute atomic E-state index is 4.54. The summed E-state index contributed by atoms with van der Waals surface area (Å²) >= 11 is 3.67. The number of hydrogen-bond acceptors (Lipinski definition) is 2. The van der Waals surface area contributed by atoms with Crippen molar-refractivity contribution in [3.8, 4) is 0 Å². The number of rotatable bonds is 3. The molecule has 1 rings (SSSR count). The molecule has 0 saturated heterocycles. The largest absolute Gasteiger partial charge is 0.239 e. The zero-order chi connectivity index (χ0) is 11.6. The lowest BCUT2D eigenvalue weighted by molar-refractivity contribution is 0.485. The Kier molecular flexibility index (Phi) is 4.26. The van der Waals surface area contributed by atoms with Crippen LogP contribution < -0.4 is 0 Å². The molecule has 15 heavy (non-hydrogen) atoms. The third kappa shape index (κ3) is 3.26. The molecule has 0 radical (unpaired) electrons. The van der Waals surface area contributed by atoms with Crippen LogP contribution >= 0.6 is 15.9 Å². The molecule has 2 atom stereocenters. The van der Waals surface area contributed by atoms with Crippen LogP contribution in [0.4, 0.5) is 0 Å². The van der Waals surface area contributed by atoms with Gasteiger partial charge in [-0.1, -0.05) is 36.7 Å². The lowest BCUT2D eigenvalue weighted by Gasteiger charge is -2.23. The summed E-state index contributed by atoms with van der Waals surface area (Å²) in [7, 11) is 0. The Morgan fingerprint density at radius 1 is 1.13 bits per heavy atom. The van der Waals surface area contributed by atoms with Crippen LogP contribution in [0.5, 0.6) is 0 Å². The van der Waals surface area contributed by atoms with Gasteiger partial charge < -0.3 is 0 Å². The van der Waals surface area contributed by atoms with Crippen molar-refractivity contribution in [2.75, 3.05) is 0 Å². The summed E-state index contributed by atoms with van der Waals surface area (Å²) in [6.45, 7) is 10.6. The second-order valence-corrected chi connectivity index (χ2v) is 5.87. The number of alkyl halides is 1. The predicted octanol–water partition coefficient (Wildman–Crippen LogP) is 3.62. The standard InChI is InChI=1S/C12H19BrN2/c1-7(2)12(9(4)13)11-6-8(3)14-10(5)15-11/h6-7,9,12H,1-5H3. The van der Waals surface area contributed by atoms with Gasteiger partial charge in [-0.3, -0.25) is 0 Å². The lowest BCUT2D eigenvalue weighted by Crippen LogP contribution is -2.18. The molecule has 0 spiro atoms. The van der Waals surface area contributed by atoms with Gasteiger partial charge in [0.05, 0.1) is 0 Å². The third-order valence-corrected chi connectivity index (χ3v) is 3.11. The van der Waals surface area contributed by atoms with Crippen molar-refractivity contribution in [3.63, 3.8) is 0 Å². The third-order valence-electron chi connectivity index (χ3n) is 2.54. The van der Waals surface area contributed by atoms with E-state index in [-0.39, 0.29) is 0 Å². The van der Waals surface area contributed by atoms with Crippen molar-refractivity contribution in [2.24, 2.45) is 5.92 Å². The first kappa shape index (κ1) is 12.6. The van der Waals surface area contributed by atoms with Gasteiger partial charge in [-0.15, -0.1) is 0 Å². The lowest BCUT2D eigenvalue weighted by atomic mass is 9.89. The Bertz CT molecular complexity index is 306. The molecular formula is C12H19BrN2. The first-order valence-electron chi connectivity index (χ1n) is 5.38. The summed E-state index contributed by atoms with van der Waals surface area (Å²) in [6.07, 6.45) is 0. The van der Waals surface area contributed by atoms with Gasteiger partial charge in [0.1, 0.15) is 5.82 Å². The first-order chi connectivity index (χ1) is 6.91. The van der Waals surface area contributed by atoms with E-state index in [0.29, 0.717) is 16.7 Å². The Labute approximate surface area is 101 Å². The van der Waals surface area contributed by atoms with Crippen molar-refractivity contribution in [2.45, 2.75) is 45.4 Å². The molecule has 0 bridgehead atoms. The average molecular weight is 271 g/mol. The van der Waals surface area contributed by atoms with Crippen molar-refractivity contribution in [3.05, 3.63) is 23.3 Å². The Hall–Kier alpha value is -0.440. The van der Waals surface area contributed by atoms with Crippen LogP contribution in [0.1, 0.15) is 43.9 Å². The molecule has 1 aromatic rings. The van der Waals surface area contributed by atoms with Crippen LogP contribution in [-0.2, 0) is 0 Å². The second-order valence-electron chi connectivity index (χ2n) is 4.43. The molecular weight excluding hydrogens is 252 g/mol. The molecule has 3 heteroatoms. The Morgan fingerprint density at radius 2 is 1.73 bits per heavy atom. The van der Waals surface area contributed by atoms with E-state index < -0.39 is 0 Å². The highest BCUT2D eigenvalue weighted by Gasteiger charge is 2.22. The van der Waals surface area contributed by atoms with Gasteiger partial charge in [-0.25, -0.2) is 9.97 Å². The predicted molar refractivity (Wildman–Crippen MR) is 67.5 cm³/mol. The van der Waals surface area contributed by atoms with Gasteiger partial charge in [-0.2, -0.15) is 0 Å². The minimum absolute atomic E-state index is 0.436. The SMILES string of the molecule is Cc1cc(C(C(C)C)C(C)Br)nc(C)n1. The summed E-state index contributed by atoms with van der Waals surface area (Å²) in [6, 6.07) is 2.09. The summed E-state index contributed by atoms with van der Waals surface area (Å²) < 4.78 is 0. The molecule has 0 aliphatic rings. The van der Waals surface area contributed by atoms with E-state index >= 15 is 0 Å². The average Bonchev–Trinajstić information content (AvgIpc) is 1.99. The van der Waals surface area contributed by atoms with E-state index in [0.717, 1.165) is 17.2 Å². The van der Waals surface area contributed by atoms with Crippen molar-refractivity contribution in [1.82, 2.24) is 9.97 Å². The van der Waals surface area contributed by atoms with E-state index in [1.54, 1.807) is 0 Å². The number of halogens is 1. The van der Waals surface area contributed by atoms with Crippen LogP contribution in [-0.4, -0.2) is 14.8 Å². The molecule has 0 aliphatic carbocycles. The Balaban J connectivity index is 3.11. The highest BCUT2D eigenvalue weighted by atomic mass is 79.9. The fourth-order valence-electron chi connectivity index (χ4n) is 2.02. The summed E-state index contributed by atoms with van der Waals surface area (Å²) in [5.41, 5.74) is 2.20. The minimum atomic E-state index is 0.436. The fraction of sp³-hybridized carbons (Fsp3) is 0.667. The minimum Gasteiger partial charge on any atom is -0.239 e. The van der Waals surface area contributed by atoms with Crippen LogP contribution in [0.2, 0.25) is 0 Å². The molecule has 2 unspecified atom stereocenters. The number of hydrogen-bond donors (Lipinski definition) is 0. The summed E-state index contributed by atoms with van der Waals surface area (Å²) in [4.78, 5) is 9.28. The van der Waals surface area contributed by atoms with E-state index in [1.165, 1.54) is 0 Å². The summed E-state index contributed by atoms with van der Waals surface area (Å²) in [5.74, 6) is 1.89. The van der Waals surface area contributed by atoms with Gasteiger partial charge in [0.15, 0.2) is 0 Å². The fourth-order valence-corrected chi connectivity index (χ4v) is 2.90. The van der Waals surface area contributed by atoms with Crippen LogP contribution in [0, 0.1) is 19.8 Å². The van der Waals surface area contributed by atoms with E-state index in [9.17, 15) is 0 Å². The van der Waals surface area contributed by atoms with E-state index in [1.807, 2.05) is 13.8 Å². The van der Waals surface area contributed by atoms with Gasteiger partial charge in [-0.05, 0) is 25.8 Å². The van der Waals surface area contributed by atoms with Crippen molar-refractivity contribution >= 4 is 15.9 Å². The smallest absolute Gasteiger partial charge is 0.125 e. The first-order valence-corrected chi connectivity index (χ1v) is 6.29. The van der Waals surface area contributed by atoms with Crippen LogP contribution in [0.3, 0.4) is 0 Å². The Morgan fingerprint density at radius 3 is 2.13 bits per heavy atom. The molecule has 0 aliphatic heterocycles. The van der Waals surface area contributed by atoms with Gasteiger partial charge >= 0.3 is 0 Å². The molecule has 0 saturated carbocycles. The second kappa shape index (κ2) is 5.06. The van der Waals surface area contributed by atoms with Gasteiger partial charge in [0.2, 0.25) is 0 Å². The van der Waals surface area contributed by atoms with Crippen molar-refractivity contribution in [1.29, 1.82) is 0 Å². The number of aromatic nitrogens is 2. The van der Waals surface area contributed by atoms with Gasteiger partial charge in [0, 0.05) is 22.1 Å². The molecule has 1 heterocycles. The van der Waals surface area contributed by atoms with E-state index in [4.69, 9.17) is 0 Å². The molecule has 84 valence electrons. The number of nitrogens with zero attached hydrogens (tertiary/aromatic N) is 2. The van der Waals surface area contributed by atoms with Gasteiger partial charge in [0.25, 0.3) is 0 Å². The van der Waals surface area contributed by atoms with Crippen LogP contribution in [0.15, 0.2) is 6.07 Å². The topological polar surface area (TPSA) is 25.8 Å². The van der Waals surface area contributed by atoms with Crippen LogP contribution in [0.25, 0.3) is 0 Å². The molecule has 0 fully saturated rings. The molecule has 0 N–H and O–H groups in total. The molecule has 0 amide bonds. The molecule has 2 nitrogen and oxygen atoms in total. The zero-order valence-corrected chi connectivity index (χ0v) is 11.7. The van der Waals surface area contributed by atoms with Crippen molar-refractivity contribution < 1.29 is 0 Å². The normalized spacial score (nSPS) is 15.4. The maximum atomic E-state index is 4.54. The van der Waals surface area contributed by atoms with E-state index in [2.05, 4.69) is 52.7 Å². The maximum Gasteiger partial charge on any atom is 0.125 e. The summed E-state index contributed by atoms with van der Waals surface area (Å²) in [5, 5.41) is 0. The quantitative estimate of drug-likeness (QED) is 0.785. The number of aryl methyl sites for hydroxylation is 2. The molecule has 1 aromatic heterocycles. The molecule has 0 aromatic carbocycles. The zero-order valence-electron chi connectivity index (χ0n) is 10.1.